The number of hydrogen-bond donors (Lipinski definition) is 0. The van der Waals surface area contributed by atoms with Crippen LogP contribution in [-0.4, -0.2) is 35.3 Å². The number of benzene rings is 1. The van der Waals surface area contributed by atoms with Crippen LogP contribution in [0.5, 0.6) is 0 Å². The van der Waals surface area contributed by atoms with Crippen molar-refractivity contribution in [1.82, 2.24) is 4.90 Å². The predicted molar refractivity (Wildman–Crippen MR) is 77.6 cm³/mol. The van der Waals surface area contributed by atoms with E-state index in [0.29, 0.717) is 0 Å². The first-order valence-electron chi connectivity index (χ1n) is 7.22. The molecule has 0 spiro atoms. The Morgan fingerprint density at radius 1 is 1.15 bits per heavy atom. The third-order valence-electron chi connectivity index (χ3n) is 4.64. The van der Waals surface area contributed by atoms with E-state index in [1.54, 1.807) is 9.80 Å². The number of carbonyl (C=O) groups is 2. The lowest BCUT2D eigenvalue weighted by Gasteiger charge is -2.41. The van der Waals surface area contributed by atoms with Gasteiger partial charge in [-0.25, -0.2) is 0 Å². The first-order chi connectivity index (χ1) is 9.52. The minimum Gasteiger partial charge on any atom is -0.329 e. The van der Waals surface area contributed by atoms with Crippen molar-refractivity contribution in [2.24, 2.45) is 0 Å². The van der Waals surface area contributed by atoms with Crippen molar-refractivity contribution in [1.29, 1.82) is 0 Å². The zero-order chi connectivity index (χ0) is 14.4. The number of nitrogens with zero attached hydrogens (tertiary/aromatic N) is 2. The van der Waals surface area contributed by atoms with Crippen LogP contribution >= 0.6 is 0 Å². The van der Waals surface area contributed by atoms with Crippen LogP contribution < -0.4 is 4.90 Å². The van der Waals surface area contributed by atoms with Gasteiger partial charge in [-0.2, -0.15) is 0 Å². The normalized spacial score (nSPS) is 26.1. The van der Waals surface area contributed by atoms with Crippen LogP contribution in [0.1, 0.15) is 30.9 Å². The number of carbonyl (C=O) groups excluding carboxylic acids is 2. The molecule has 2 heterocycles. The quantitative estimate of drug-likeness (QED) is 0.785. The van der Waals surface area contributed by atoms with Gasteiger partial charge in [0.05, 0.1) is 0 Å². The van der Waals surface area contributed by atoms with Crippen LogP contribution in [0.2, 0.25) is 0 Å². The lowest BCUT2D eigenvalue weighted by atomic mass is 10.0. The van der Waals surface area contributed by atoms with Gasteiger partial charge in [-0.3, -0.25) is 14.5 Å². The van der Waals surface area contributed by atoms with Crippen LogP contribution in [0.3, 0.4) is 0 Å². The van der Waals surface area contributed by atoms with E-state index in [1.807, 2.05) is 39.0 Å². The summed E-state index contributed by atoms with van der Waals surface area (Å²) in [7, 11) is 0. The standard InChI is InChI=1S/C16H20N2O2/c1-10-6-4-7-13(11(10)2)18-12(3)15(19)17-9-5-8-14(17)16(18)20/h4,6-7,12,14H,5,8-9H2,1-3H3. The fourth-order valence-corrected chi connectivity index (χ4v) is 3.31. The van der Waals surface area contributed by atoms with Crippen molar-refractivity contribution in [3.63, 3.8) is 0 Å². The molecule has 3 rings (SSSR count). The van der Waals surface area contributed by atoms with Gasteiger partial charge < -0.3 is 4.90 Å². The largest absolute Gasteiger partial charge is 0.329 e. The molecule has 0 aromatic heterocycles. The number of anilines is 1. The van der Waals surface area contributed by atoms with Crippen molar-refractivity contribution in [3.8, 4) is 0 Å². The highest BCUT2D eigenvalue weighted by Crippen LogP contribution is 2.32. The van der Waals surface area contributed by atoms with Crippen molar-refractivity contribution in [2.75, 3.05) is 11.4 Å². The van der Waals surface area contributed by atoms with E-state index in [2.05, 4.69) is 0 Å². The predicted octanol–water partition coefficient (Wildman–Crippen LogP) is 2.03. The topological polar surface area (TPSA) is 40.6 Å². The summed E-state index contributed by atoms with van der Waals surface area (Å²) >= 11 is 0. The molecule has 4 nitrogen and oxygen atoms in total. The Morgan fingerprint density at radius 2 is 1.90 bits per heavy atom. The van der Waals surface area contributed by atoms with Gasteiger partial charge in [0.1, 0.15) is 12.1 Å². The van der Waals surface area contributed by atoms with Crippen molar-refractivity contribution >= 4 is 17.5 Å². The average molecular weight is 272 g/mol. The summed E-state index contributed by atoms with van der Waals surface area (Å²) in [5, 5.41) is 0. The molecule has 0 saturated carbocycles. The zero-order valence-electron chi connectivity index (χ0n) is 12.2. The summed E-state index contributed by atoms with van der Waals surface area (Å²) in [6.07, 6.45) is 1.72. The molecule has 0 radical (unpaired) electrons. The van der Waals surface area contributed by atoms with Crippen molar-refractivity contribution in [3.05, 3.63) is 29.3 Å². The molecule has 0 aliphatic carbocycles. The molecule has 0 bridgehead atoms. The van der Waals surface area contributed by atoms with Crippen LogP contribution in [0.4, 0.5) is 5.69 Å². The highest BCUT2D eigenvalue weighted by atomic mass is 16.2. The third-order valence-corrected chi connectivity index (χ3v) is 4.64. The minimum absolute atomic E-state index is 0.0725. The Hall–Kier alpha value is -1.84. The van der Waals surface area contributed by atoms with E-state index in [4.69, 9.17) is 0 Å². The second-order valence-electron chi connectivity index (χ2n) is 5.79. The van der Waals surface area contributed by atoms with Crippen LogP contribution in [-0.2, 0) is 9.59 Å². The Bertz CT molecular complexity index is 582. The molecule has 2 unspecified atom stereocenters. The molecule has 2 aliphatic rings. The number of piperazine rings is 1. The van der Waals surface area contributed by atoms with Gasteiger partial charge in [0, 0.05) is 12.2 Å². The maximum Gasteiger partial charge on any atom is 0.250 e. The summed E-state index contributed by atoms with van der Waals surface area (Å²) < 4.78 is 0. The number of rotatable bonds is 1. The minimum atomic E-state index is -0.405. The average Bonchev–Trinajstić information content (AvgIpc) is 2.91. The Balaban J connectivity index is 2.06. The first kappa shape index (κ1) is 13.2. The zero-order valence-corrected chi connectivity index (χ0v) is 12.2. The van der Waals surface area contributed by atoms with Crippen LogP contribution in [0.25, 0.3) is 0 Å². The molecule has 1 aromatic rings. The molecule has 106 valence electrons. The summed E-state index contributed by atoms with van der Waals surface area (Å²) in [4.78, 5) is 28.7. The molecular weight excluding hydrogens is 252 g/mol. The van der Waals surface area contributed by atoms with Gasteiger partial charge in [0.15, 0.2) is 0 Å². The van der Waals surface area contributed by atoms with E-state index in [0.717, 1.165) is 36.2 Å². The molecule has 2 aliphatic heterocycles. The lowest BCUT2D eigenvalue weighted by molar-refractivity contribution is -0.143. The Labute approximate surface area is 119 Å². The van der Waals surface area contributed by atoms with E-state index < -0.39 is 6.04 Å². The SMILES string of the molecule is Cc1cccc(N2C(=O)C3CCCN3C(=O)C2C)c1C. The molecule has 1 aromatic carbocycles. The number of aryl methyl sites for hydroxylation is 1. The third kappa shape index (κ3) is 1.74. The molecule has 0 N–H and O–H groups in total. The summed E-state index contributed by atoms with van der Waals surface area (Å²) in [5.74, 6) is 0.149. The summed E-state index contributed by atoms with van der Waals surface area (Å²) in [6, 6.07) is 5.26. The van der Waals surface area contributed by atoms with Crippen LogP contribution in [0.15, 0.2) is 18.2 Å². The maximum absolute atomic E-state index is 12.8. The number of amides is 2. The summed E-state index contributed by atoms with van der Waals surface area (Å²) in [5.41, 5.74) is 3.10. The molecule has 2 saturated heterocycles. The Morgan fingerprint density at radius 3 is 2.65 bits per heavy atom. The number of hydrogen-bond acceptors (Lipinski definition) is 2. The van der Waals surface area contributed by atoms with Gasteiger partial charge in [-0.1, -0.05) is 12.1 Å². The van der Waals surface area contributed by atoms with Gasteiger partial charge in [-0.15, -0.1) is 0 Å². The molecule has 20 heavy (non-hydrogen) atoms. The second-order valence-corrected chi connectivity index (χ2v) is 5.79. The molecule has 2 atom stereocenters. The molecular formula is C16H20N2O2. The summed E-state index contributed by atoms with van der Waals surface area (Å²) in [6.45, 7) is 6.59. The number of fused-ring (bicyclic) bond motifs is 1. The lowest BCUT2D eigenvalue weighted by Crippen LogP contribution is -2.62. The first-order valence-corrected chi connectivity index (χ1v) is 7.22. The second kappa shape index (κ2) is 4.62. The van der Waals surface area contributed by atoms with Gasteiger partial charge in [0.25, 0.3) is 5.91 Å². The highest BCUT2D eigenvalue weighted by molar-refractivity contribution is 6.08. The van der Waals surface area contributed by atoms with Gasteiger partial charge in [-0.05, 0) is 50.8 Å². The van der Waals surface area contributed by atoms with Gasteiger partial charge >= 0.3 is 0 Å². The van der Waals surface area contributed by atoms with E-state index in [-0.39, 0.29) is 17.9 Å². The van der Waals surface area contributed by atoms with Crippen molar-refractivity contribution < 1.29 is 9.59 Å². The monoisotopic (exact) mass is 272 g/mol. The van der Waals surface area contributed by atoms with E-state index in [1.165, 1.54) is 0 Å². The molecule has 4 heteroatoms. The van der Waals surface area contributed by atoms with Crippen molar-refractivity contribution in [2.45, 2.75) is 45.7 Å². The highest BCUT2D eigenvalue weighted by Gasteiger charge is 2.46. The maximum atomic E-state index is 12.8. The smallest absolute Gasteiger partial charge is 0.250 e. The van der Waals surface area contributed by atoms with E-state index >= 15 is 0 Å². The van der Waals surface area contributed by atoms with Gasteiger partial charge in [0.2, 0.25) is 5.91 Å². The Kier molecular flexibility index (Phi) is 3.04. The molecule has 2 amide bonds. The fraction of sp³-hybridized carbons (Fsp3) is 0.500. The fourth-order valence-electron chi connectivity index (χ4n) is 3.31. The van der Waals surface area contributed by atoms with Crippen LogP contribution in [0, 0.1) is 13.8 Å². The molecule has 2 fully saturated rings. The van der Waals surface area contributed by atoms with E-state index in [9.17, 15) is 9.59 Å².